The van der Waals surface area contributed by atoms with Crippen molar-refractivity contribution < 1.29 is 13.2 Å². The van der Waals surface area contributed by atoms with Gasteiger partial charge in [0.05, 0.1) is 4.90 Å². The molecule has 1 amide bonds. The number of amides is 1. The number of fused-ring (bicyclic) bond motifs is 1. The molecule has 0 bridgehead atoms. The summed E-state index contributed by atoms with van der Waals surface area (Å²) < 4.78 is 28.6. The zero-order valence-corrected chi connectivity index (χ0v) is 16.4. The van der Waals surface area contributed by atoms with E-state index in [4.69, 9.17) is 0 Å². The number of carbonyl (C=O) groups excluding carboxylic acids is 1. The molecule has 0 aliphatic heterocycles. The minimum atomic E-state index is -3.52. The van der Waals surface area contributed by atoms with Crippen LogP contribution in [0.1, 0.15) is 44.6 Å². The average molecular weight is 365 g/mol. The summed E-state index contributed by atoms with van der Waals surface area (Å²) in [6, 6.07) is 6.83. The highest BCUT2D eigenvalue weighted by Gasteiger charge is 2.23. The highest BCUT2D eigenvalue weighted by molar-refractivity contribution is 7.89. The Bertz CT molecular complexity index is 867. The van der Waals surface area contributed by atoms with Crippen LogP contribution < -0.4 is 5.32 Å². The van der Waals surface area contributed by atoms with Gasteiger partial charge in [0.1, 0.15) is 5.69 Å². The van der Waals surface area contributed by atoms with Crippen molar-refractivity contribution in [2.75, 3.05) is 13.1 Å². The van der Waals surface area contributed by atoms with Crippen molar-refractivity contribution >= 4 is 26.8 Å². The van der Waals surface area contributed by atoms with Gasteiger partial charge in [-0.2, -0.15) is 4.31 Å². The first kappa shape index (κ1) is 19.5. The van der Waals surface area contributed by atoms with Gasteiger partial charge in [-0.3, -0.25) is 4.79 Å². The molecule has 7 heteroatoms. The summed E-state index contributed by atoms with van der Waals surface area (Å²) >= 11 is 0. The number of aryl methyl sites for hydroxylation is 1. The van der Waals surface area contributed by atoms with E-state index in [0.29, 0.717) is 18.8 Å². The van der Waals surface area contributed by atoms with Crippen LogP contribution in [0, 0.1) is 0 Å². The number of aromatic nitrogens is 1. The second-order valence-electron chi connectivity index (χ2n) is 6.18. The molecule has 2 aromatic rings. The molecule has 0 unspecified atom stereocenters. The molecular formula is C18H27N3O3S. The quantitative estimate of drug-likeness (QED) is 0.820. The fourth-order valence-electron chi connectivity index (χ4n) is 2.82. The number of nitrogens with one attached hydrogen (secondary N) is 1. The number of benzene rings is 1. The third-order valence-corrected chi connectivity index (χ3v) is 6.63. The van der Waals surface area contributed by atoms with E-state index in [1.54, 1.807) is 28.8 Å². The SMILES string of the molecule is CC[C@@H](C)NC(=O)c1cc2cc(S(=O)(=O)N(CC)CC)ccc2n1C. The first-order valence-corrected chi connectivity index (χ1v) is 10.1. The first-order valence-electron chi connectivity index (χ1n) is 8.66. The highest BCUT2D eigenvalue weighted by Crippen LogP contribution is 2.24. The number of hydrogen-bond acceptors (Lipinski definition) is 3. The van der Waals surface area contributed by atoms with E-state index >= 15 is 0 Å². The van der Waals surface area contributed by atoms with Crippen LogP contribution in [0.4, 0.5) is 0 Å². The minimum absolute atomic E-state index is 0.0871. The Labute approximate surface area is 149 Å². The van der Waals surface area contributed by atoms with Crippen LogP contribution in [-0.2, 0) is 17.1 Å². The molecule has 0 saturated heterocycles. The maximum atomic E-state index is 12.7. The van der Waals surface area contributed by atoms with Gasteiger partial charge in [0.25, 0.3) is 5.91 Å². The third-order valence-electron chi connectivity index (χ3n) is 4.58. The summed E-state index contributed by atoms with van der Waals surface area (Å²) in [5, 5.41) is 3.68. The second-order valence-corrected chi connectivity index (χ2v) is 8.12. The largest absolute Gasteiger partial charge is 0.348 e. The predicted octanol–water partition coefficient (Wildman–Crippen LogP) is 2.74. The smallest absolute Gasteiger partial charge is 0.268 e. The molecule has 6 nitrogen and oxygen atoms in total. The van der Waals surface area contributed by atoms with Gasteiger partial charge >= 0.3 is 0 Å². The van der Waals surface area contributed by atoms with Gasteiger partial charge in [-0.1, -0.05) is 20.8 Å². The molecule has 1 aromatic heterocycles. The molecule has 1 N–H and O–H groups in total. The lowest BCUT2D eigenvalue weighted by Gasteiger charge is -2.18. The Morgan fingerprint density at radius 3 is 2.40 bits per heavy atom. The number of sulfonamides is 1. The maximum absolute atomic E-state index is 12.7. The topological polar surface area (TPSA) is 71.4 Å². The summed E-state index contributed by atoms with van der Waals surface area (Å²) in [5.74, 6) is -0.152. The molecular weight excluding hydrogens is 338 g/mol. The van der Waals surface area contributed by atoms with Crippen molar-refractivity contribution in [3.63, 3.8) is 0 Å². The Balaban J connectivity index is 2.47. The van der Waals surface area contributed by atoms with Gasteiger partial charge < -0.3 is 9.88 Å². The molecule has 0 saturated carbocycles. The molecule has 2 rings (SSSR count). The number of hydrogen-bond donors (Lipinski definition) is 1. The van der Waals surface area contributed by atoms with E-state index in [2.05, 4.69) is 5.32 Å². The van der Waals surface area contributed by atoms with Crippen LogP contribution >= 0.6 is 0 Å². The monoisotopic (exact) mass is 365 g/mol. The van der Waals surface area contributed by atoms with Crippen LogP contribution in [-0.4, -0.2) is 42.3 Å². The standard InChI is InChI=1S/C18H27N3O3S/c1-6-13(4)19-18(22)17-12-14-11-15(9-10-16(14)20(17)5)25(23,24)21(7-2)8-3/h9-13H,6-8H2,1-5H3,(H,19,22)/t13-/m1/s1. The van der Waals surface area contributed by atoms with Crippen molar-refractivity contribution in [1.29, 1.82) is 0 Å². The van der Waals surface area contributed by atoms with E-state index in [1.807, 2.05) is 34.7 Å². The number of rotatable bonds is 7. The van der Waals surface area contributed by atoms with Crippen molar-refractivity contribution in [3.8, 4) is 0 Å². The van der Waals surface area contributed by atoms with Gasteiger partial charge in [0.15, 0.2) is 0 Å². The fraction of sp³-hybridized carbons (Fsp3) is 0.500. The van der Waals surface area contributed by atoms with Gasteiger partial charge in [-0.05, 0) is 37.6 Å². The molecule has 1 atom stereocenters. The zero-order valence-electron chi connectivity index (χ0n) is 15.5. The normalized spacial score (nSPS) is 13.4. The molecule has 0 aliphatic carbocycles. The molecule has 25 heavy (non-hydrogen) atoms. The van der Waals surface area contributed by atoms with Gasteiger partial charge in [-0.25, -0.2) is 8.42 Å². The Morgan fingerprint density at radius 2 is 1.84 bits per heavy atom. The van der Waals surface area contributed by atoms with E-state index in [9.17, 15) is 13.2 Å². The maximum Gasteiger partial charge on any atom is 0.268 e. The summed E-state index contributed by atoms with van der Waals surface area (Å²) in [6.45, 7) is 8.45. The van der Waals surface area contributed by atoms with Crippen molar-refractivity contribution in [3.05, 3.63) is 30.0 Å². The second kappa shape index (κ2) is 7.58. The third kappa shape index (κ3) is 3.72. The van der Waals surface area contributed by atoms with Crippen LogP contribution in [0.5, 0.6) is 0 Å². The summed E-state index contributed by atoms with van der Waals surface area (Å²) in [6.07, 6.45) is 0.849. The summed E-state index contributed by atoms with van der Waals surface area (Å²) in [7, 11) is -1.70. The lowest BCUT2D eigenvalue weighted by Crippen LogP contribution is -2.33. The minimum Gasteiger partial charge on any atom is -0.348 e. The Kier molecular flexibility index (Phi) is 5.90. The molecule has 0 radical (unpaired) electrons. The molecule has 0 aliphatic rings. The number of carbonyl (C=O) groups is 1. The van der Waals surface area contributed by atoms with Crippen LogP contribution in [0.2, 0.25) is 0 Å². The van der Waals surface area contributed by atoms with Crippen LogP contribution in [0.15, 0.2) is 29.2 Å². The number of nitrogens with zero attached hydrogens (tertiary/aromatic N) is 2. The molecule has 1 heterocycles. The van der Waals surface area contributed by atoms with Gasteiger partial charge in [0.2, 0.25) is 10.0 Å². The van der Waals surface area contributed by atoms with Crippen molar-refractivity contribution in [2.24, 2.45) is 7.05 Å². The molecule has 0 fully saturated rings. The average Bonchev–Trinajstić information content (AvgIpc) is 2.92. The molecule has 138 valence electrons. The Morgan fingerprint density at radius 1 is 1.20 bits per heavy atom. The van der Waals surface area contributed by atoms with Gasteiger partial charge in [0, 0.05) is 37.1 Å². The highest BCUT2D eigenvalue weighted by atomic mass is 32.2. The summed E-state index contributed by atoms with van der Waals surface area (Å²) in [5.41, 5.74) is 1.35. The fourth-order valence-corrected chi connectivity index (χ4v) is 4.31. The molecule has 1 aromatic carbocycles. The van der Waals surface area contributed by atoms with Crippen molar-refractivity contribution in [1.82, 2.24) is 14.2 Å². The van der Waals surface area contributed by atoms with E-state index in [-0.39, 0.29) is 16.8 Å². The van der Waals surface area contributed by atoms with E-state index < -0.39 is 10.0 Å². The summed E-state index contributed by atoms with van der Waals surface area (Å²) in [4.78, 5) is 12.7. The lowest BCUT2D eigenvalue weighted by molar-refractivity contribution is 0.0931. The van der Waals surface area contributed by atoms with Crippen LogP contribution in [0.3, 0.4) is 0 Å². The Hall–Kier alpha value is -1.86. The van der Waals surface area contributed by atoms with Crippen LogP contribution in [0.25, 0.3) is 10.9 Å². The van der Waals surface area contributed by atoms with Gasteiger partial charge in [-0.15, -0.1) is 0 Å². The zero-order chi connectivity index (χ0) is 18.8. The van der Waals surface area contributed by atoms with Crippen molar-refractivity contribution in [2.45, 2.75) is 45.1 Å². The van der Waals surface area contributed by atoms with E-state index in [1.165, 1.54) is 4.31 Å². The van der Waals surface area contributed by atoms with E-state index in [0.717, 1.165) is 17.3 Å². The predicted molar refractivity (Wildman–Crippen MR) is 100 cm³/mol. The first-order chi connectivity index (χ1) is 11.8. The molecule has 0 spiro atoms. The lowest BCUT2D eigenvalue weighted by atomic mass is 10.2.